The average molecular weight is 481 g/mol. The largest absolute Gasteiger partial charge is 0.493 e. The second kappa shape index (κ2) is 12.0. The van der Waals surface area contributed by atoms with Gasteiger partial charge in [0.15, 0.2) is 11.5 Å². The lowest BCUT2D eigenvalue weighted by atomic mass is 10.1. The molecule has 32 heavy (non-hydrogen) atoms. The SMILES string of the molecule is COc1ccc(CCC(=O)N(Cc2ccc(Cl)c(Cl)c2)[C@H](C)C(=O)NC(C)C)cc1OC. The van der Waals surface area contributed by atoms with E-state index in [1.165, 1.54) is 0 Å². The Kier molecular flexibility index (Phi) is 9.66. The zero-order valence-corrected chi connectivity index (χ0v) is 20.6. The zero-order chi connectivity index (χ0) is 23.8. The minimum absolute atomic E-state index is 0.0290. The molecule has 0 aliphatic rings. The van der Waals surface area contributed by atoms with Crippen molar-refractivity contribution in [2.24, 2.45) is 0 Å². The van der Waals surface area contributed by atoms with Gasteiger partial charge in [-0.15, -0.1) is 0 Å². The van der Waals surface area contributed by atoms with E-state index in [-0.39, 0.29) is 30.8 Å². The van der Waals surface area contributed by atoms with Crippen molar-refractivity contribution in [1.29, 1.82) is 0 Å². The van der Waals surface area contributed by atoms with Gasteiger partial charge in [-0.05, 0) is 62.6 Å². The van der Waals surface area contributed by atoms with E-state index in [2.05, 4.69) is 5.32 Å². The fourth-order valence-corrected chi connectivity index (χ4v) is 3.57. The lowest BCUT2D eigenvalue weighted by Gasteiger charge is -2.29. The van der Waals surface area contributed by atoms with E-state index in [1.54, 1.807) is 44.2 Å². The van der Waals surface area contributed by atoms with Crippen molar-refractivity contribution in [3.8, 4) is 11.5 Å². The maximum atomic E-state index is 13.2. The number of amides is 2. The smallest absolute Gasteiger partial charge is 0.242 e. The maximum absolute atomic E-state index is 13.2. The summed E-state index contributed by atoms with van der Waals surface area (Å²) < 4.78 is 10.6. The summed E-state index contributed by atoms with van der Waals surface area (Å²) >= 11 is 12.2. The van der Waals surface area contributed by atoms with Gasteiger partial charge in [0.25, 0.3) is 0 Å². The molecule has 0 spiro atoms. The van der Waals surface area contributed by atoms with Crippen molar-refractivity contribution in [2.45, 2.75) is 52.2 Å². The van der Waals surface area contributed by atoms with Gasteiger partial charge in [-0.2, -0.15) is 0 Å². The van der Waals surface area contributed by atoms with Gasteiger partial charge >= 0.3 is 0 Å². The summed E-state index contributed by atoms with van der Waals surface area (Å²) in [6, 6.07) is 10.1. The summed E-state index contributed by atoms with van der Waals surface area (Å²) in [6.45, 7) is 5.73. The van der Waals surface area contributed by atoms with E-state index in [0.717, 1.165) is 11.1 Å². The maximum Gasteiger partial charge on any atom is 0.242 e. The molecule has 1 N–H and O–H groups in total. The van der Waals surface area contributed by atoms with Gasteiger partial charge in [-0.3, -0.25) is 9.59 Å². The van der Waals surface area contributed by atoms with Crippen LogP contribution in [-0.2, 0) is 22.6 Å². The Labute approximate surface area is 199 Å². The minimum Gasteiger partial charge on any atom is -0.493 e. The van der Waals surface area contributed by atoms with Crippen molar-refractivity contribution < 1.29 is 19.1 Å². The Balaban J connectivity index is 2.20. The number of nitrogens with one attached hydrogen (secondary N) is 1. The van der Waals surface area contributed by atoms with E-state index >= 15 is 0 Å². The Morgan fingerprint density at radius 1 is 0.938 bits per heavy atom. The molecule has 0 fully saturated rings. The Morgan fingerprint density at radius 3 is 2.19 bits per heavy atom. The van der Waals surface area contributed by atoms with E-state index in [0.29, 0.717) is 28.0 Å². The standard InChI is InChI=1S/C24H30Cl2N2O4/c1-15(2)27-24(30)16(3)28(14-18-6-9-19(25)20(26)12-18)23(29)11-8-17-7-10-21(31-4)22(13-17)32-5/h6-7,9-10,12-13,15-16H,8,11,14H2,1-5H3,(H,27,30)/t16-/m1/s1. The predicted molar refractivity (Wildman–Crippen MR) is 128 cm³/mol. The van der Waals surface area contributed by atoms with Gasteiger partial charge in [-0.1, -0.05) is 35.3 Å². The number of hydrogen-bond donors (Lipinski definition) is 1. The van der Waals surface area contributed by atoms with Crippen molar-refractivity contribution in [3.05, 3.63) is 57.6 Å². The summed E-state index contributed by atoms with van der Waals surface area (Å²) in [4.78, 5) is 27.4. The molecule has 0 saturated heterocycles. The highest BCUT2D eigenvalue weighted by Crippen LogP contribution is 2.28. The van der Waals surface area contributed by atoms with Crippen LogP contribution in [0.1, 0.15) is 38.3 Å². The topological polar surface area (TPSA) is 67.9 Å². The summed E-state index contributed by atoms with van der Waals surface area (Å²) in [5.74, 6) is 0.884. The molecule has 6 nitrogen and oxygen atoms in total. The number of hydrogen-bond acceptors (Lipinski definition) is 4. The Bertz CT molecular complexity index is 950. The third kappa shape index (κ3) is 7.04. The van der Waals surface area contributed by atoms with Crippen molar-refractivity contribution in [3.63, 3.8) is 0 Å². The van der Waals surface area contributed by atoms with E-state index in [9.17, 15) is 9.59 Å². The molecule has 0 aromatic heterocycles. The third-order valence-electron chi connectivity index (χ3n) is 5.01. The minimum atomic E-state index is -0.648. The summed E-state index contributed by atoms with van der Waals surface area (Å²) in [5.41, 5.74) is 1.73. The first-order valence-corrected chi connectivity index (χ1v) is 11.2. The van der Waals surface area contributed by atoms with Crippen molar-refractivity contribution in [2.75, 3.05) is 14.2 Å². The molecule has 2 rings (SSSR count). The van der Waals surface area contributed by atoms with Gasteiger partial charge in [0.05, 0.1) is 24.3 Å². The van der Waals surface area contributed by atoms with Crippen LogP contribution in [0.4, 0.5) is 0 Å². The van der Waals surface area contributed by atoms with E-state index < -0.39 is 6.04 Å². The lowest BCUT2D eigenvalue weighted by Crippen LogP contribution is -2.49. The average Bonchev–Trinajstić information content (AvgIpc) is 2.76. The number of aryl methyl sites for hydroxylation is 1. The Morgan fingerprint density at radius 2 is 1.59 bits per heavy atom. The fraction of sp³-hybridized carbons (Fsp3) is 0.417. The third-order valence-corrected chi connectivity index (χ3v) is 5.75. The van der Waals surface area contributed by atoms with Gasteiger partial charge in [0.2, 0.25) is 11.8 Å². The molecule has 0 unspecified atom stereocenters. The molecule has 0 radical (unpaired) electrons. The molecule has 2 aromatic carbocycles. The Hall–Kier alpha value is -2.44. The van der Waals surface area contributed by atoms with E-state index in [4.69, 9.17) is 32.7 Å². The number of halogens is 2. The van der Waals surface area contributed by atoms with Crippen LogP contribution in [-0.4, -0.2) is 43.0 Å². The molecule has 8 heteroatoms. The highest BCUT2D eigenvalue weighted by Gasteiger charge is 2.26. The normalized spacial score (nSPS) is 11.8. The highest BCUT2D eigenvalue weighted by molar-refractivity contribution is 6.42. The van der Waals surface area contributed by atoms with Gasteiger partial charge in [0, 0.05) is 19.0 Å². The number of methoxy groups -OCH3 is 2. The molecular formula is C24H30Cl2N2O4. The quantitative estimate of drug-likeness (QED) is 0.525. The molecule has 2 aromatic rings. The molecule has 2 amide bonds. The van der Waals surface area contributed by atoms with Crippen LogP contribution in [0.3, 0.4) is 0 Å². The van der Waals surface area contributed by atoms with Crippen molar-refractivity contribution >= 4 is 35.0 Å². The van der Waals surface area contributed by atoms with Gasteiger partial charge < -0.3 is 19.7 Å². The van der Waals surface area contributed by atoms with E-state index in [1.807, 2.05) is 32.0 Å². The number of carbonyl (C=O) groups is 2. The number of rotatable bonds is 10. The van der Waals surface area contributed by atoms with Crippen LogP contribution >= 0.6 is 23.2 Å². The summed E-state index contributed by atoms with van der Waals surface area (Å²) in [5, 5.41) is 3.72. The number of ether oxygens (including phenoxy) is 2. The molecule has 0 aliphatic carbocycles. The van der Waals surface area contributed by atoms with Crippen LogP contribution in [0.2, 0.25) is 10.0 Å². The van der Waals surface area contributed by atoms with Crippen LogP contribution in [0, 0.1) is 0 Å². The second-order valence-electron chi connectivity index (χ2n) is 7.80. The first kappa shape index (κ1) is 25.8. The molecular weight excluding hydrogens is 451 g/mol. The monoisotopic (exact) mass is 480 g/mol. The summed E-state index contributed by atoms with van der Waals surface area (Å²) in [7, 11) is 3.15. The highest BCUT2D eigenvalue weighted by atomic mass is 35.5. The van der Waals surface area contributed by atoms with Gasteiger partial charge in [-0.25, -0.2) is 0 Å². The van der Waals surface area contributed by atoms with Gasteiger partial charge in [0.1, 0.15) is 6.04 Å². The van der Waals surface area contributed by atoms with Crippen LogP contribution in [0.25, 0.3) is 0 Å². The number of benzene rings is 2. The zero-order valence-electron chi connectivity index (χ0n) is 19.1. The number of nitrogens with zero attached hydrogens (tertiary/aromatic N) is 1. The molecule has 174 valence electrons. The summed E-state index contributed by atoms with van der Waals surface area (Å²) in [6.07, 6.45) is 0.728. The first-order valence-electron chi connectivity index (χ1n) is 10.4. The molecule has 0 heterocycles. The molecule has 0 aliphatic heterocycles. The van der Waals surface area contributed by atoms with Crippen LogP contribution < -0.4 is 14.8 Å². The van der Waals surface area contributed by atoms with Crippen molar-refractivity contribution in [1.82, 2.24) is 10.2 Å². The molecule has 0 saturated carbocycles. The first-order chi connectivity index (χ1) is 15.2. The fourth-order valence-electron chi connectivity index (χ4n) is 3.25. The lowest BCUT2D eigenvalue weighted by molar-refractivity contribution is -0.140. The molecule has 1 atom stereocenters. The van der Waals surface area contributed by atoms with Crippen LogP contribution in [0.15, 0.2) is 36.4 Å². The predicted octanol–water partition coefficient (Wildman–Crippen LogP) is 4.89. The van der Waals surface area contributed by atoms with Crippen LogP contribution in [0.5, 0.6) is 11.5 Å². The molecule has 0 bridgehead atoms. The number of carbonyl (C=O) groups excluding carboxylic acids is 2. The second-order valence-corrected chi connectivity index (χ2v) is 8.61.